The number of hydrogen-bond acceptors (Lipinski definition) is 6. The van der Waals surface area contributed by atoms with Crippen molar-refractivity contribution >= 4 is 17.8 Å². The van der Waals surface area contributed by atoms with Gasteiger partial charge in [-0.25, -0.2) is 0 Å². The highest BCUT2D eigenvalue weighted by molar-refractivity contribution is 6.14. The van der Waals surface area contributed by atoms with Crippen LogP contribution in [0.3, 0.4) is 0 Å². The van der Waals surface area contributed by atoms with Crippen LogP contribution in [0, 0.1) is 6.92 Å². The van der Waals surface area contributed by atoms with Gasteiger partial charge in [-0.3, -0.25) is 9.59 Å². The van der Waals surface area contributed by atoms with Gasteiger partial charge in [0.1, 0.15) is 23.3 Å². The van der Waals surface area contributed by atoms with Gasteiger partial charge in [-0.15, -0.1) is 0 Å². The van der Waals surface area contributed by atoms with Crippen molar-refractivity contribution in [1.82, 2.24) is 9.80 Å². The lowest BCUT2D eigenvalue weighted by Crippen LogP contribution is -2.37. The molecule has 2 aromatic heterocycles. The molecule has 1 atom stereocenters. The molecule has 2 aromatic rings. The predicted octanol–water partition coefficient (Wildman–Crippen LogP) is 3.25. The van der Waals surface area contributed by atoms with E-state index < -0.39 is 23.5 Å². The van der Waals surface area contributed by atoms with Crippen molar-refractivity contribution in [2.24, 2.45) is 0 Å². The fourth-order valence-electron chi connectivity index (χ4n) is 3.92. The molecule has 4 rings (SSSR count). The SMILES string of the molecule is Cc1ccc(C2C(C(=O)/C=C/c3ccco3)=C(O)C(=O)N2CCN2CCCC2)o1. The Morgan fingerprint density at radius 3 is 2.69 bits per heavy atom. The Labute approximate surface area is 168 Å². The van der Waals surface area contributed by atoms with Crippen LogP contribution >= 0.6 is 0 Å². The zero-order chi connectivity index (χ0) is 20.4. The quantitative estimate of drug-likeness (QED) is 0.723. The number of rotatable bonds is 7. The van der Waals surface area contributed by atoms with Crippen LogP contribution in [0.1, 0.15) is 36.2 Å². The molecule has 2 aliphatic heterocycles. The molecule has 0 bridgehead atoms. The molecule has 2 aliphatic rings. The highest BCUT2D eigenvalue weighted by Crippen LogP contribution is 2.38. The fraction of sp³-hybridized carbons (Fsp3) is 0.364. The summed E-state index contributed by atoms with van der Waals surface area (Å²) in [6.07, 6.45) is 6.64. The van der Waals surface area contributed by atoms with Crippen LogP contribution in [0.25, 0.3) is 6.08 Å². The van der Waals surface area contributed by atoms with Crippen molar-refractivity contribution in [1.29, 1.82) is 0 Å². The average Bonchev–Trinajstić information content (AvgIpc) is 3.49. The van der Waals surface area contributed by atoms with Gasteiger partial charge in [0.25, 0.3) is 5.91 Å². The minimum atomic E-state index is -0.743. The molecule has 152 valence electrons. The molecule has 29 heavy (non-hydrogen) atoms. The van der Waals surface area contributed by atoms with Crippen LogP contribution in [-0.4, -0.2) is 52.8 Å². The molecular weight excluding hydrogens is 372 g/mol. The Balaban J connectivity index is 1.61. The number of allylic oxidation sites excluding steroid dienone is 1. The Bertz CT molecular complexity index is 948. The lowest BCUT2D eigenvalue weighted by atomic mass is 10.0. The lowest BCUT2D eigenvalue weighted by Gasteiger charge is -2.27. The number of likely N-dealkylation sites (tertiary alicyclic amines) is 1. The molecule has 7 nitrogen and oxygen atoms in total. The number of furan rings is 2. The number of aliphatic hydroxyl groups excluding tert-OH is 1. The van der Waals surface area contributed by atoms with E-state index in [4.69, 9.17) is 8.83 Å². The zero-order valence-corrected chi connectivity index (χ0v) is 16.3. The normalized spacial score (nSPS) is 20.5. The number of nitrogens with zero attached hydrogens (tertiary/aromatic N) is 2. The number of amides is 1. The Morgan fingerprint density at radius 1 is 1.24 bits per heavy atom. The highest BCUT2D eigenvalue weighted by atomic mass is 16.3. The summed E-state index contributed by atoms with van der Waals surface area (Å²) in [5, 5.41) is 10.5. The summed E-state index contributed by atoms with van der Waals surface area (Å²) in [6, 6.07) is 6.22. The Hall–Kier alpha value is -3.06. The second-order valence-corrected chi connectivity index (χ2v) is 7.37. The van der Waals surface area contributed by atoms with Gasteiger partial charge in [-0.2, -0.15) is 0 Å². The third-order valence-electron chi connectivity index (χ3n) is 5.40. The maximum atomic E-state index is 12.9. The van der Waals surface area contributed by atoms with Gasteiger partial charge in [0.15, 0.2) is 11.5 Å². The van der Waals surface area contributed by atoms with Crippen LogP contribution in [-0.2, 0) is 9.59 Å². The molecule has 1 N–H and O–H groups in total. The lowest BCUT2D eigenvalue weighted by molar-refractivity contribution is -0.129. The van der Waals surface area contributed by atoms with E-state index in [-0.39, 0.29) is 5.57 Å². The number of carbonyl (C=O) groups is 2. The smallest absolute Gasteiger partial charge is 0.290 e. The molecular formula is C22H24N2O5. The van der Waals surface area contributed by atoms with Gasteiger partial charge in [0, 0.05) is 13.1 Å². The van der Waals surface area contributed by atoms with Gasteiger partial charge in [0.05, 0.1) is 11.8 Å². The monoisotopic (exact) mass is 396 g/mol. The summed E-state index contributed by atoms with van der Waals surface area (Å²) in [5.74, 6) is 0.152. The van der Waals surface area contributed by atoms with E-state index in [1.54, 1.807) is 31.2 Å². The molecule has 0 aliphatic carbocycles. The molecule has 0 spiro atoms. The van der Waals surface area contributed by atoms with Gasteiger partial charge in [0.2, 0.25) is 0 Å². The van der Waals surface area contributed by atoms with E-state index in [0.29, 0.717) is 30.4 Å². The van der Waals surface area contributed by atoms with Crippen molar-refractivity contribution in [3.63, 3.8) is 0 Å². The van der Waals surface area contributed by atoms with Crippen molar-refractivity contribution in [2.45, 2.75) is 25.8 Å². The minimum absolute atomic E-state index is 0.0357. The van der Waals surface area contributed by atoms with E-state index in [1.165, 1.54) is 23.3 Å². The first-order valence-corrected chi connectivity index (χ1v) is 9.83. The third-order valence-corrected chi connectivity index (χ3v) is 5.40. The first-order valence-electron chi connectivity index (χ1n) is 9.83. The van der Waals surface area contributed by atoms with E-state index in [2.05, 4.69) is 4.90 Å². The van der Waals surface area contributed by atoms with Crippen molar-refractivity contribution in [2.75, 3.05) is 26.2 Å². The van der Waals surface area contributed by atoms with Crippen LogP contribution < -0.4 is 0 Å². The second-order valence-electron chi connectivity index (χ2n) is 7.37. The minimum Gasteiger partial charge on any atom is -0.503 e. The third kappa shape index (κ3) is 3.91. The van der Waals surface area contributed by atoms with Crippen molar-refractivity contribution in [3.05, 3.63) is 65.2 Å². The molecule has 1 fully saturated rings. The number of carbonyl (C=O) groups excluding carboxylic acids is 2. The van der Waals surface area contributed by atoms with Gasteiger partial charge < -0.3 is 23.7 Å². The molecule has 1 saturated heterocycles. The maximum Gasteiger partial charge on any atom is 0.290 e. The van der Waals surface area contributed by atoms with Gasteiger partial charge in [-0.05, 0) is 69.3 Å². The van der Waals surface area contributed by atoms with Crippen LogP contribution in [0.2, 0.25) is 0 Å². The van der Waals surface area contributed by atoms with Gasteiger partial charge >= 0.3 is 0 Å². The molecule has 1 unspecified atom stereocenters. The van der Waals surface area contributed by atoms with Crippen molar-refractivity contribution in [3.8, 4) is 0 Å². The first-order chi connectivity index (χ1) is 14.0. The van der Waals surface area contributed by atoms with Crippen molar-refractivity contribution < 1.29 is 23.5 Å². The summed E-state index contributed by atoms with van der Waals surface area (Å²) in [7, 11) is 0. The van der Waals surface area contributed by atoms with E-state index in [9.17, 15) is 14.7 Å². The average molecular weight is 396 g/mol. The highest BCUT2D eigenvalue weighted by Gasteiger charge is 2.44. The van der Waals surface area contributed by atoms with Crippen LogP contribution in [0.5, 0.6) is 0 Å². The van der Waals surface area contributed by atoms with E-state index in [0.717, 1.165) is 25.9 Å². The molecule has 1 amide bonds. The van der Waals surface area contributed by atoms with Crippen LogP contribution in [0.15, 0.2) is 56.8 Å². The Kier molecular flexibility index (Phi) is 5.40. The van der Waals surface area contributed by atoms with E-state index in [1.807, 2.05) is 0 Å². The molecule has 4 heterocycles. The summed E-state index contributed by atoms with van der Waals surface area (Å²) in [6.45, 7) is 4.91. The first kappa shape index (κ1) is 19.3. The maximum absolute atomic E-state index is 12.9. The standard InChI is InChI=1S/C22H24N2O5/c1-15-6-9-18(29-15)20-19(17(25)8-7-16-5-4-14-28-16)21(26)22(27)24(20)13-12-23-10-2-3-11-23/h4-9,14,20,26H,2-3,10-13H2,1H3/b8-7+. The number of hydrogen-bond donors (Lipinski definition) is 1. The summed E-state index contributed by atoms with van der Waals surface area (Å²) in [5.41, 5.74) is 0.0357. The summed E-state index contributed by atoms with van der Waals surface area (Å²) < 4.78 is 11.0. The topological polar surface area (TPSA) is 87.1 Å². The van der Waals surface area contributed by atoms with Crippen LogP contribution in [0.4, 0.5) is 0 Å². The van der Waals surface area contributed by atoms with E-state index >= 15 is 0 Å². The summed E-state index contributed by atoms with van der Waals surface area (Å²) >= 11 is 0. The molecule has 0 aromatic carbocycles. The number of aryl methyl sites for hydroxylation is 1. The molecule has 0 radical (unpaired) electrons. The fourth-order valence-corrected chi connectivity index (χ4v) is 3.92. The second kappa shape index (κ2) is 8.13. The largest absolute Gasteiger partial charge is 0.503 e. The molecule has 0 saturated carbocycles. The zero-order valence-electron chi connectivity index (χ0n) is 16.3. The Morgan fingerprint density at radius 2 is 2.03 bits per heavy atom. The summed E-state index contributed by atoms with van der Waals surface area (Å²) in [4.78, 5) is 29.5. The predicted molar refractivity (Wildman–Crippen MR) is 106 cm³/mol. The number of aliphatic hydroxyl groups is 1. The van der Waals surface area contributed by atoms with Gasteiger partial charge in [-0.1, -0.05) is 0 Å². The molecule has 7 heteroatoms. The number of ketones is 1.